The third kappa shape index (κ3) is 4.45. The van der Waals surface area contributed by atoms with Gasteiger partial charge in [0.1, 0.15) is 0 Å². The number of esters is 2. The molecular weight excluding hydrogens is 168 g/mol. The van der Waals surface area contributed by atoms with Crippen molar-refractivity contribution in [3.63, 3.8) is 0 Å². The maximum absolute atomic E-state index is 11.0. The molecule has 0 saturated heterocycles. The highest BCUT2D eigenvalue weighted by Gasteiger charge is 2.09. The van der Waals surface area contributed by atoms with Gasteiger partial charge in [-0.2, -0.15) is 0 Å². The maximum Gasteiger partial charge on any atom is 0.313 e. The third-order valence-electron chi connectivity index (χ3n) is 1.91. The van der Waals surface area contributed by atoms with Gasteiger partial charge in [-0.3, -0.25) is 9.59 Å². The first-order chi connectivity index (χ1) is 6.29. The van der Waals surface area contributed by atoms with Crippen LogP contribution in [0.15, 0.2) is 12.2 Å². The summed E-state index contributed by atoms with van der Waals surface area (Å²) in [7, 11) is 0. The summed E-state index contributed by atoms with van der Waals surface area (Å²) in [5, 5.41) is 0. The Labute approximate surface area is 77.8 Å². The van der Waals surface area contributed by atoms with E-state index in [2.05, 4.69) is 10.8 Å². The molecule has 3 nitrogen and oxygen atoms in total. The van der Waals surface area contributed by atoms with E-state index in [1.807, 2.05) is 6.08 Å². The van der Waals surface area contributed by atoms with Crippen LogP contribution in [0, 0.1) is 0 Å². The molecule has 1 heterocycles. The fraction of sp³-hybridized carbons (Fsp3) is 0.600. The van der Waals surface area contributed by atoms with Crippen molar-refractivity contribution >= 4 is 11.9 Å². The van der Waals surface area contributed by atoms with Crippen molar-refractivity contribution in [1.29, 1.82) is 0 Å². The molecule has 0 radical (unpaired) electrons. The quantitative estimate of drug-likeness (QED) is 0.327. The Hall–Kier alpha value is -1.12. The van der Waals surface area contributed by atoms with Gasteiger partial charge < -0.3 is 4.74 Å². The molecule has 3 heteroatoms. The van der Waals surface area contributed by atoms with E-state index < -0.39 is 5.97 Å². The molecule has 0 bridgehead atoms. The van der Waals surface area contributed by atoms with Crippen molar-refractivity contribution in [3.8, 4) is 0 Å². The second-order valence-corrected chi connectivity index (χ2v) is 3.10. The standard InChI is InChI=1S/C10H14O3/c11-9-7-5-3-1-2-4-6-8-10(12)13-9/h1,3H,2,4-8H2/b3-1-. The molecule has 0 atom stereocenters. The SMILES string of the molecule is O=C1CC/C=C\CCCCC(=O)O1. The van der Waals surface area contributed by atoms with Crippen molar-refractivity contribution in [2.45, 2.75) is 38.5 Å². The summed E-state index contributed by atoms with van der Waals surface area (Å²) >= 11 is 0. The lowest BCUT2D eigenvalue weighted by Gasteiger charge is -1.99. The number of rotatable bonds is 0. The highest BCUT2D eigenvalue weighted by Crippen LogP contribution is 2.06. The molecule has 0 unspecified atom stereocenters. The number of cyclic esters (lactones) is 2. The summed E-state index contributed by atoms with van der Waals surface area (Å²) < 4.78 is 4.57. The fourth-order valence-corrected chi connectivity index (χ4v) is 1.20. The number of ether oxygens (including phenoxy) is 1. The maximum atomic E-state index is 11.0. The van der Waals surface area contributed by atoms with E-state index in [4.69, 9.17) is 0 Å². The first-order valence-corrected chi connectivity index (χ1v) is 4.67. The molecule has 1 rings (SSSR count). The van der Waals surface area contributed by atoms with Crippen molar-refractivity contribution < 1.29 is 14.3 Å². The van der Waals surface area contributed by atoms with Crippen LogP contribution in [0.4, 0.5) is 0 Å². The average Bonchev–Trinajstić information content (AvgIpc) is 2.11. The van der Waals surface area contributed by atoms with Crippen LogP contribution in [0.25, 0.3) is 0 Å². The lowest BCUT2D eigenvalue weighted by atomic mass is 10.2. The van der Waals surface area contributed by atoms with Crippen LogP contribution in [0.1, 0.15) is 38.5 Å². The molecule has 0 N–H and O–H groups in total. The van der Waals surface area contributed by atoms with E-state index in [1.54, 1.807) is 0 Å². The predicted octanol–water partition coefficient (Wildman–Crippen LogP) is 1.97. The lowest BCUT2D eigenvalue weighted by molar-refractivity contribution is -0.159. The summed E-state index contributed by atoms with van der Waals surface area (Å²) in [6.45, 7) is 0. The Morgan fingerprint density at radius 2 is 1.62 bits per heavy atom. The van der Waals surface area contributed by atoms with Gasteiger partial charge in [-0.15, -0.1) is 0 Å². The molecule has 1 aliphatic rings. The molecule has 72 valence electrons. The predicted molar refractivity (Wildman–Crippen MR) is 47.9 cm³/mol. The molecule has 0 aromatic heterocycles. The Morgan fingerprint density at radius 1 is 0.923 bits per heavy atom. The van der Waals surface area contributed by atoms with E-state index in [0.29, 0.717) is 19.3 Å². The Balaban J connectivity index is 2.42. The van der Waals surface area contributed by atoms with Crippen molar-refractivity contribution in [2.75, 3.05) is 0 Å². The zero-order valence-electron chi connectivity index (χ0n) is 7.62. The van der Waals surface area contributed by atoms with Crippen LogP contribution in [0.3, 0.4) is 0 Å². The first kappa shape index (κ1) is 9.96. The number of carbonyl (C=O) groups excluding carboxylic acids is 2. The molecule has 0 aromatic rings. The van der Waals surface area contributed by atoms with E-state index >= 15 is 0 Å². The van der Waals surface area contributed by atoms with Crippen molar-refractivity contribution in [3.05, 3.63) is 12.2 Å². The van der Waals surface area contributed by atoms with Gasteiger partial charge in [-0.25, -0.2) is 0 Å². The van der Waals surface area contributed by atoms with Crippen LogP contribution in [0.5, 0.6) is 0 Å². The fourth-order valence-electron chi connectivity index (χ4n) is 1.20. The molecule has 1 aliphatic heterocycles. The van der Waals surface area contributed by atoms with Gasteiger partial charge in [0.15, 0.2) is 0 Å². The normalized spacial score (nSPS) is 23.1. The number of hydrogen-bond acceptors (Lipinski definition) is 3. The minimum absolute atomic E-state index is 0.308. The molecular formula is C10H14O3. The third-order valence-corrected chi connectivity index (χ3v) is 1.91. The van der Waals surface area contributed by atoms with Gasteiger partial charge in [-0.1, -0.05) is 12.2 Å². The molecule has 0 aromatic carbocycles. The summed E-state index contributed by atoms with van der Waals surface area (Å²) in [6, 6.07) is 0. The van der Waals surface area contributed by atoms with Crippen LogP contribution >= 0.6 is 0 Å². The van der Waals surface area contributed by atoms with E-state index in [0.717, 1.165) is 19.3 Å². The van der Waals surface area contributed by atoms with Crippen LogP contribution in [-0.4, -0.2) is 11.9 Å². The van der Waals surface area contributed by atoms with Gasteiger partial charge >= 0.3 is 11.9 Å². The highest BCUT2D eigenvalue weighted by molar-refractivity contribution is 5.85. The number of hydrogen-bond donors (Lipinski definition) is 0. The van der Waals surface area contributed by atoms with Crippen molar-refractivity contribution in [2.24, 2.45) is 0 Å². The Bertz CT molecular complexity index is 218. The zero-order valence-corrected chi connectivity index (χ0v) is 7.62. The minimum Gasteiger partial charge on any atom is -0.393 e. The smallest absolute Gasteiger partial charge is 0.313 e. The van der Waals surface area contributed by atoms with Gasteiger partial charge in [0.05, 0.1) is 0 Å². The monoisotopic (exact) mass is 182 g/mol. The van der Waals surface area contributed by atoms with E-state index in [-0.39, 0.29) is 5.97 Å². The minimum atomic E-state index is -0.406. The van der Waals surface area contributed by atoms with E-state index in [9.17, 15) is 9.59 Å². The number of carbonyl (C=O) groups is 2. The van der Waals surface area contributed by atoms with Gasteiger partial charge in [0, 0.05) is 12.8 Å². The summed E-state index contributed by atoms with van der Waals surface area (Å²) in [6.07, 6.45) is 8.14. The highest BCUT2D eigenvalue weighted by atomic mass is 16.6. The molecule has 13 heavy (non-hydrogen) atoms. The lowest BCUT2D eigenvalue weighted by Crippen LogP contribution is -2.11. The largest absolute Gasteiger partial charge is 0.393 e. The topological polar surface area (TPSA) is 43.4 Å². The second-order valence-electron chi connectivity index (χ2n) is 3.10. The zero-order chi connectivity index (χ0) is 9.52. The van der Waals surface area contributed by atoms with Crippen LogP contribution in [0.2, 0.25) is 0 Å². The summed E-state index contributed by atoms with van der Waals surface area (Å²) in [5.74, 6) is -0.788. The van der Waals surface area contributed by atoms with Crippen molar-refractivity contribution in [1.82, 2.24) is 0 Å². The van der Waals surface area contributed by atoms with Crippen LogP contribution in [-0.2, 0) is 14.3 Å². The molecule has 0 amide bonds. The number of allylic oxidation sites excluding steroid dienone is 2. The molecule has 0 aliphatic carbocycles. The average molecular weight is 182 g/mol. The second kappa shape index (κ2) is 5.51. The van der Waals surface area contributed by atoms with Gasteiger partial charge in [-0.05, 0) is 25.7 Å². The Kier molecular flexibility index (Phi) is 4.23. The molecule has 0 fully saturated rings. The van der Waals surface area contributed by atoms with Gasteiger partial charge in [0.25, 0.3) is 0 Å². The molecule has 0 spiro atoms. The molecule has 0 saturated carbocycles. The Morgan fingerprint density at radius 3 is 2.46 bits per heavy atom. The van der Waals surface area contributed by atoms with E-state index in [1.165, 1.54) is 0 Å². The summed E-state index contributed by atoms with van der Waals surface area (Å²) in [5.41, 5.74) is 0. The van der Waals surface area contributed by atoms with Crippen LogP contribution < -0.4 is 0 Å². The first-order valence-electron chi connectivity index (χ1n) is 4.67. The summed E-state index contributed by atoms with van der Waals surface area (Å²) in [4.78, 5) is 21.9. The van der Waals surface area contributed by atoms with Gasteiger partial charge in [0.2, 0.25) is 0 Å².